The number of halogens is 1. The van der Waals surface area contributed by atoms with Gasteiger partial charge in [-0.1, -0.05) is 30.3 Å². The van der Waals surface area contributed by atoms with E-state index in [9.17, 15) is 17.1 Å². The van der Waals surface area contributed by atoms with Gasteiger partial charge in [-0.05, 0) is 0 Å². The quantitative estimate of drug-likeness (QED) is 0.801. The predicted molar refractivity (Wildman–Crippen MR) is 78.3 cm³/mol. The molecule has 1 atom stereocenters. The Morgan fingerprint density at radius 1 is 1.14 bits per heavy atom. The molecule has 2 heterocycles. The van der Waals surface area contributed by atoms with Crippen molar-refractivity contribution in [1.82, 2.24) is 9.97 Å². The van der Waals surface area contributed by atoms with E-state index >= 15 is 0 Å². The number of nitrogens with zero attached hydrogens (tertiary/aromatic N) is 3. The van der Waals surface area contributed by atoms with E-state index in [2.05, 4.69) is 9.97 Å². The third-order valence-corrected chi connectivity index (χ3v) is 4.58. The highest BCUT2D eigenvalue weighted by Crippen LogP contribution is 2.25. The van der Waals surface area contributed by atoms with Crippen LogP contribution in [0.5, 0.6) is 0 Å². The Labute approximate surface area is 126 Å². The van der Waals surface area contributed by atoms with Gasteiger partial charge in [0, 0.05) is 18.5 Å². The van der Waals surface area contributed by atoms with Crippen LogP contribution in [0.4, 0.5) is 9.70 Å². The monoisotopic (exact) mass is 321 g/mol. The molecule has 1 amide bonds. The molecular formula is C14H12FN3O3S. The summed E-state index contributed by atoms with van der Waals surface area (Å²) in [5.74, 6) is -0.260. The van der Waals surface area contributed by atoms with Crippen LogP contribution in [-0.2, 0) is 15.0 Å². The fourth-order valence-corrected chi connectivity index (χ4v) is 2.97. The van der Waals surface area contributed by atoms with Crippen LogP contribution in [0.25, 0.3) is 11.3 Å². The molecule has 0 aliphatic carbocycles. The number of rotatable bonds is 3. The summed E-state index contributed by atoms with van der Waals surface area (Å²) in [5, 5.41) is -1.34. The van der Waals surface area contributed by atoms with E-state index in [4.69, 9.17) is 0 Å². The molecule has 2 aromatic rings. The minimum atomic E-state index is -4.74. The first-order chi connectivity index (χ1) is 10.4. The average molecular weight is 321 g/mol. The van der Waals surface area contributed by atoms with Crippen molar-refractivity contribution in [2.45, 2.75) is 11.7 Å². The van der Waals surface area contributed by atoms with Crippen LogP contribution in [0.3, 0.4) is 0 Å². The Bertz CT molecular complexity index is 794. The van der Waals surface area contributed by atoms with Gasteiger partial charge in [0.05, 0.1) is 18.1 Å². The number of hydrogen-bond acceptors (Lipinski definition) is 5. The standard InChI is InChI=1S/C14H12FN3O3S/c15-22(20,21)11-6-14(19)18(9-11)13-8-16-12(7-17-13)10-4-2-1-3-5-10/h1-5,7-8,11H,6,9H2. The third-order valence-electron chi connectivity index (χ3n) is 3.47. The molecule has 0 spiro atoms. The van der Waals surface area contributed by atoms with Crippen LogP contribution in [0.2, 0.25) is 0 Å². The molecule has 114 valence electrons. The highest BCUT2D eigenvalue weighted by molar-refractivity contribution is 7.87. The lowest BCUT2D eigenvalue weighted by molar-refractivity contribution is -0.117. The lowest BCUT2D eigenvalue weighted by Gasteiger charge is -2.14. The van der Waals surface area contributed by atoms with Crippen molar-refractivity contribution in [3.63, 3.8) is 0 Å². The number of carbonyl (C=O) groups is 1. The molecular weight excluding hydrogens is 309 g/mol. The maximum absolute atomic E-state index is 13.0. The number of anilines is 1. The minimum absolute atomic E-state index is 0.218. The van der Waals surface area contributed by atoms with E-state index < -0.39 is 21.4 Å². The van der Waals surface area contributed by atoms with Gasteiger partial charge in [-0.3, -0.25) is 14.7 Å². The topological polar surface area (TPSA) is 80.2 Å². The molecule has 0 radical (unpaired) electrons. The lowest BCUT2D eigenvalue weighted by atomic mass is 10.2. The largest absolute Gasteiger partial charge is 0.307 e. The molecule has 22 heavy (non-hydrogen) atoms. The lowest BCUT2D eigenvalue weighted by Crippen LogP contribution is -2.27. The molecule has 1 aliphatic heterocycles. The highest BCUT2D eigenvalue weighted by atomic mass is 32.3. The summed E-state index contributed by atoms with van der Waals surface area (Å²) in [6.45, 7) is -0.239. The molecule has 1 unspecified atom stereocenters. The smallest absolute Gasteiger partial charge is 0.294 e. The molecule has 1 aliphatic rings. The van der Waals surface area contributed by atoms with Crippen LogP contribution in [0.1, 0.15) is 6.42 Å². The van der Waals surface area contributed by atoms with E-state index in [0.29, 0.717) is 5.69 Å². The molecule has 1 fully saturated rings. The second kappa shape index (κ2) is 5.45. The zero-order valence-electron chi connectivity index (χ0n) is 11.4. The van der Waals surface area contributed by atoms with Crippen molar-refractivity contribution < 1.29 is 17.1 Å². The van der Waals surface area contributed by atoms with E-state index in [1.807, 2.05) is 30.3 Å². The zero-order chi connectivity index (χ0) is 15.7. The molecule has 6 nitrogen and oxygen atoms in total. The third kappa shape index (κ3) is 2.82. The van der Waals surface area contributed by atoms with Crippen LogP contribution < -0.4 is 4.90 Å². The van der Waals surface area contributed by atoms with Gasteiger partial charge in [0.2, 0.25) is 5.91 Å². The van der Waals surface area contributed by atoms with Gasteiger partial charge in [-0.2, -0.15) is 8.42 Å². The predicted octanol–water partition coefficient (Wildman–Crippen LogP) is 1.55. The first-order valence-corrected chi connectivity index (χ1v) is 8.01. The van der Waals surface area contributed by atoms with Gasteiger partial charge in [-0.15, -0.1) is 3.89 Å². The van der Waals surface area contributed by atoms with Gasteiger partial charge in [-0.25, -0.2) is 4.98 Å². The van der Waals surface area contributed by atoms with E-state index in [0.717, 1.165) is 10.5 Å². The summed E-state index contributed by atoms with van der Waals surface area (Å²) in [4.78, 5) is 21.3. The Morgan fingerprint density at radius 2 is 1.86 bits per heavy atom. The molecule has 1 saturated heterocycles. The Morgan fingerprint density at radius 3 is 2.41 bits per heavy atom. The first-order valence-electron chi connectivity index (χ1n) is 6.56. The maximum atomic E-state index is 13.0. The molecule has 0 bridgehead atoms. The molecule has 1 aromatic heterocycles. The average Bonchev–Trinajstić information content (AvgIpc) is 2.90. The van der Waals surface area contributed by atoms with Crippen LogP contribution in [-0.4, -0.2) is 36.1 Å². The molecule has 1 aromatic carbocycles. The summed E-state index contributed by atoms with van der Waals surface area (Å²) in [7, 11) is -4.74. The van der Waals surface area contributed by atoms with Crippen LogP contribution >= 0.6 is 0 Å². The summed E-state index contributed by atoms with van der Waals surface area (Å²) in [6.07, 6.45) is 2.50. The molecule has 0 N–H and O–H groups in total. The van der Waals surface area contributed by atoms with Gasteiger partial charge >= 0.3 is 10.2 Å². The fourth-order valence-electron chi connectivity index (χ4n) is 2.30. The van der Waals surface area contributed by atoms with Crippen molar-refractivity contribution in [3.8, 4) is 11.3 Å². The maximum Gasteiger partial charge on any atom is 0.307 e. The number of amides is 1. The van der Waals surface area contributed by atoms with Crippen molar-refractivity contribution in [3.05, 3.63) is 42.7 Å². The van der Waals surface area contributed by atoms with Crippen LogP contribution in [0, 0.1) is 0 Å². The SMILES string of the molecule is O=C1CC(S(=O)(=O)F)CN1c1cnc(-c2ccccc2)cn1. The minimum Gasteiger partial charge on any atom is -0.294 e. The number of aromatic nitrogens is 2. The zero-order valence-corrected chi connectivity index (χ0v) is 12.2. The Kier molecular flexibility index (Phi) is 3.61. The summed E-state index contributed by atoms with van der Waals surface area (Å²) in [6, 6.07) is 9.36. The summed E-state index contributed by atoms with van der Waals surface area (Å²) >= 11 is 0. The highest BCUT2D eigenvalue weighted by Gasteiger charge is 2.39. The molecule has 3 rings (SSSR count). The van der Waals surface area contributed by atoms with Crippen molar-refractivity contribution in [1.29, 1.82) is 0 Å². The first kappa shape index (κ1) is 14.6. The van der Waals surface area contributed by atoms with Crippen molar-refractivity contribution in [2.75, 3.05) is 11.4 Å². The van der Waals surface area contributed by atoms with Gasteiger partial charge < -0.3 is 0 Å². The van der Waals surface area contributed by atoms with Gasteiger partial charge in [0.15, 0.2) is 5.82 Å². The van der Waals surface area contributed by atoms with Crippen LogP contribution in [0.15, 0.2) is 42.7 Å². The molecule has 0 saturated carbocycles. The van der Waals surface area contributed by atoms with E-state index in [-0.39, 0.29) is 18.8 Å². The number of carbonyl (C=O) groups excluding carboxylic acids is 1. The van der Waals surface area contributed by atoms with E-state index in [1.54, 1.807) is 0 Å². The normalized spacial score (nSPS) is 18.7. The summed E-state index contributed by atoms with van der Waals surface area (Å²) in [5.41, 5.74) is 1.50. The van der Waals surface area contributed by atoms with E-state index in [1.165, 1.54) is 12.4 Å². The van der Waals surface area contributed by atoms with Crippen molar-refractivity contribution >= 4 is 21.9 Å². The van der Waals surface area contributed by atoms with Crippen molar-refractivity contribution in [2.24, 2.45) is 0 Å². The molecule has 8 heteroatoms. The fraction of sp³-hybridized carbons (Fsp3) is 0.214. The Hall–Kier alpha value is -2.35. The van der Waals surface area contributed by atoms with Gasteiger partial charge in [0.1, 0.15) is 5.25 Å². The number of benzene rings is 1. The second-order valence-electron chi connectivity index (χ2n) is 4.93. The number of hydrogen-bond donors (Lipinski definition) is 0. The summed E-state index contributed by atoms with van der Waals surface area (Å²) < 4.78 is 34.8. The second-order valence-corrected chi connectivity index (χ2v) is 6.55. The van der Waals surface area contributed by atoms with Gasteiger partial charge in [0.25, 0.3) is 0 Å². The Balaban J connectivity index is 1.83.